The van der Waals surface area contributed by atoms with Gasteiger partial charge >= 0.3 is 0 Å². The van der Waals surface area contributed by atoms with Crippen LogP contribution in [0, 0.1) is 0 Å². The van der Waals surface area contributed by atoms with Crippen LogP contribution in [0.5, 0.6) is 0 Å². The molecule has 0 aliphatic heterocycles. The molecule has 1 unspecified atom stereocenters. The first-order chi connectivity index (χ1) is 6.70. The molecule has 0 spiro atoms. The first-order valence-electron chi connectivity index (χ1n) is 4.34. The van der Waals surface area contributed by atoms with Crippen LogP contribution in [-0.4, -0.2) is 10.6 Å². The number of thiophene rings is 1. The van der Waals surface area contributed by atoms with Crippen LogP contribution in [0.3, 0.4) is 0 Å². The normalized spacial score (nSPS) is 13.0. The average molecular weight is 269 g/mol. The molecule has 0 aliphatic carbocycles. The van der Waals surface area contributed by atoms with E-state index in [1.807, 2.05) is 36.6 Å². The van der Waals surface area contributed by atoms with Gasteiger partial charge in [-0.3, -0.25) is 4.79 Å². The molecule has 2 aromatic rings. The predicted octanol–water partition coefficient (Wildman–Crippen LogP) is 3.87. The molecule has 0 saturated heterocycles. The van der Waals surface area contributed by atoms with Crippen molar-refractivity contribution in [1.29, 1.82) is 0 Å². The summed E-state index contributed by atoms with van der Waals surface area (Å²) in [7, 11) is 0. The Morgan fingerprint density at radius 1 is 1.43 bits per heavy atom. The van der Waals surface area contributed by atoms with Crippen molar-refractivity contribution in [2.75, 3.05) is 0 Å². The van der Waals surface area contributed by atoms with Gasteiger partial charge in [-0.2, -0.15) is 0 Å². The first kappa shape index (κ1) is 9.87. The van der Waals surface area contributed by atoms with Crippen LogP contribution in [0.1, 0.15) is 17.3 Å². The maximum Gasteiger partial charge on any atom is 0.177 e. The highest BCUT2D eigenvalue weighted by Crippen LogP contribution is 2.27. The largest absolute Gasteiger partial charge is 0.293 e. The second-order valence-corrected chi connectivity index (χ2v) is 5.41. The van der Waals surface area contributed by atoms with Gasteiger partial charge in [-0.05, 0) is 13.0 Å². The highest BCUT2D eigenvalue weighted by atomic mass is 79.9. The zero-order valence-electron chi connectivity index (χ0n) is 7.66. The van der Waals surface area contributed by atoms with Crippen molar-refractivity contribution in [2.45, 2.75) is 11.8 Å². The summed E-state index contributed by atoms with van der Waals surface area (Å²) >= 11 is 4.92. The van der Waals surface area contributed by atoms with Gasteiger partial charge in [-0.15, -0.1) is 11.3 Å². The topological polar surface area (TPSA) is 17.1 Å². The highest BCUT2D eigenvalue weighted by molar-refractivity contribution is 9.10. The van der Waals surface area contributed by atoms with Crippen LogP contribution in [0.4, 0.5) is 0 Å². The number of ketones is 1. The van der Waals surface area contributed by atoms with Gasteiger partial charge in [0.25, 0.3) is 0 Å². The van der Waals surface area contributed by atoms with E-state index >= 15 is 0 Å². The van der Waals surface area contributed by atoms with E-state index in [4.69, 9.17) is 0 Å². The number of carbonyl (C=O) groups excluding carboxylic acids is 1. The van der Waals surface area contributed by atoms with Crippen molar-refractivity contribution in [2.24, 2.45) is 0 Å². The molecule has 0 radical (unpaired) electrons. The van der Waals surface area contributed by atoms with Crippen molar-refractivity contribution >= 4 is 43.1 Å². The molecule has 72 valence electrons. The van der Waals surface area contributed by atoms with E-state index in [0.717, 1.165) is 10.9 Å². The number of Topliss-reactive ketones (excluding diaryl/α,β-unsaturated/α-hetero) is 1. The van der Waals surface area contributed by atoms with Gasteiger partial charge in [-0.25, -0.2) is 0 Å². The molecule has 3 heteroatoms. The van der Waals surface area contributed by atoms with Gasteiger partial charge in [0.2, 0.25) is 0 Å². The summed E-state index contributed by atoms with van der Waals surface area (Å²) < 4.78 is 1.17. The van der Waals surface area contributed by atoms with Crippen molar-refractivity contribution in [3.63, 3.8) is 0 Å². The predicted molar refractivity (Wildman–Crippen MR) is 64.5 cm³/mol. The summed E-state index contributed by atoms with van der Waals surface area (Å²) in [4.78, 5) is 11.7. The second kappa shape index (κ2) is 3.83. The number of hydrogen-bond donors (Lipinski definition) is 0. The third-order valence-electron chi connectivity index (χ3n) is 2.11. The molecule has 2 rings (SSSR count). The molecule has 0 fully saturated rings. The lowest BCUT2D eigenvalue weighted by Crippen LogP contribution is -2.08. The molecule has 14 heavy (non-hydrogen) atoms. The SMILES string of the molecule is CC(Br)C(=O)c1csc2ccccc12. The Balaban J connectivity index is 2.58. The standard InChI is InChI=1S/C11H9BrOS/c1-7(12)11(13)9-6-14-10-5-3-2-4-8(9)10/h2-7H,1H3. The zero-order valence-corrected chi connectivity index (χ0v) is 10.1. The van der Waals surface area contributed by atoms with Crippen molar-refractivity contribution in [1.82, 2.24) is 0 Å². The van der Waals surface area contributed by atoms with E-state index in [1.165, 1.54) is 4.70 Å². The summed E-state index contributed by atoms with van der Waals surface area (Å²) in [6.07, 6.45) is 0. The van der Waals surface area contributed by atoms with Gasteiger partial charge in [0, 0.05) is 21.0 Å². The lowest BCUT2D eigenvalue weighted by molar-refractivity contribution is 0.0998. The van der Waals surface area contributed by atoms with E-state index < -0.39 is 0 Å². The number of alkyl halides is 1. The molecule has 1 nitrogen and oxygen atoms in total. The fraction of sp³-hybridized carbons (Fsp3) is 0.182. The van der Waals surface area contributed by atoms with Gasteiger partial charge < -0.3 is 0 Å². The molecule has 1 aromatic heterocycles. The van der Waals surface area contributed by atoms with Crippen LogP contribution in [0.25, 0.3) is 10.1 Å². The molecule has 1 heterocycles. The summed E-state index contributed by atoms with van der Waals surface area (Å²) in [5.74, 6) is 0.155. The number of benzene rings is 1. The Hall–Kier alpha value is -0.670. The van der Waals surface area contributed by atoms with E-state index in [9.17, 15) is 4.79 Å². The van der Waals surface area contributed by atoms with Crippen LogP contribution in [0.2, 0.25) is 0 Å². The molecule has 0 aliphatic rings. The van der Waals surface area contributed by atoms with Gasteiger partial charge in [0.15, 0.2) is 5.78 Å². The minimum absolute atomic E-state index is 0.111. The van der Waals surface area contributed by atoms with Crippen molar-refractivity contribution in [3.05, 3.63) is 35.2 Å². The van der Waals surface area contributed by atoms with Crippen LogP contribution >= 0.6 is 27.3 Å². The monoisotopic (exact) mass is 268 g/mol. The number of rotatable bonds is 2. The Morgan fingerprint density at radius 2 is 2.14 bits per heavy atom. The minimum atomic E-state index is -0.111. The minimum Gasteiger partial charge on any atom is -0.293 e. The first-order valence-corrected chi connectivity index (χ1v) is 6.14. The molecular weight excluding hydrogens is 260 g/mol. The van der Waals surface area contributed by atoms with E-state index in [1.54, 1.807) is 11.3 Å². The lowest BCUT2D eigenvalue weighted by Gasteiger charge is -2.00. The number of hydrogen-bond acceptors (Lipinski definition) is 2. The molecule has 0 N–H and O–H groups in total. The van der Waals surface area contributed by atoms with E-state index in [-0.39, 0.29) is 10.6 Å². The summed E-state index contributed by atoms with van der Waals surface area (Å²) in [6, 6.07) is 7.99. The molecule has 0 bridgehead atoms. The maximum absolute atomic E-state index is 11.8. The van der Waals surface area contributed by atoms with Crippen LogP contribution in [-0.2, 0) is 0 Å². The summed E-state index contributed by atoms with van der Waals surface area (Å²) in [5.41, 5.74) is 0.829. The third-order valence-corrected chi connectivity index (χ3v) is 3.49. The molecule has 0 amide bonds. The summed E-state index contributed by atoms with van der Waals surface area (Å²) in [5, 5.41) is 3.00. The molecule has 1 aromatic carbocycles. The second-order valence-electron chi connectivity index (χ2n) is 3.13. The molecular formula is C11H9BrOS. The zero-order chi connectivity index (χ0) is 10.1. The Morgan fingerprint density at radius 3 is 2.86 bits per heavy atom. The lowest BCUT2D eigenvalue weighted by atomic mass is 10.1. The van der Waals surface area contributed by atoms with Crippen LogP contribution < -0.4 is 0 Å². The van der Waals surface area contributed by atoms with Crippen molar-refractivity contribution < 1.29 is 4.79 Å². The summed E-state index contributed by atoms with van der Waals surface area (Å²) in [6.45, 7) is 1.86. The van der Waals surface area contributed by atoms with Crippen LogP contribution in [0.15, 0.2) is 29.6 Å². The fourth-order valence-electron chi connectivity index (χ4n) is 1.38. The number of halogens is 1. The van der Waals surface area contributed by atoms with Gasteiger partial charge in [0.05, 0.1) is 4.83 Å². The van der Waals surface area contributed by atoms with Gasteiger partial charge in [0.1, 0.15) is 0 Å². The fourth-order valence-corrected chi connectivity index (χ4v) is 2.58. The van der Waals surface area contributed by atoms with E-state index in [2.05, 4.69) is 15.9 Å². The van der Waals surface area contributed by atoms with Gasteiger partial charge in [-0.1, -0.05) is 34.1 Å². The molecule has 1 atom stereocenters. The number of fused-ring (bicyclic) bond motifs is 1. The Bertz CT molecular complexity index is 473. The maximum atomic E-state index is 11.8. The van der Waals surface area contributed by atoms with E-state index in [0.29, 0.717) is 0 Å². The third kappa shape index (κ3) is 1.62. The highest BCUT2D eigenvalue weighted by Gasteiger charge is 2.15. The Labute approximate surface area is 94.9 Å². The Kier molecular flexibility index (Phi) is 2.70. The van der Waals surface area contributed by atoms with Crippen molar-refractivity contribution in [3.8, 4) is 0 Å². The molecule has 0 saturated carbocycles. The number of carbonyl (C=O) groups is 1. The quantitative estimate of drug-likeness (QED) is 0.597. The smallest absolute Gasteiger partial charge is 0.177 e. The average Bonchev–Trinajstić information content (AvgIpc) is 2.60.